The number of rotatable bonds is 5. The van der Waals surface area contributed by atoms with Crippen molar-refractivity contribution in [3.05, 3.63) is 35.1 Å². The number of benzene rings is 1. The first-order valence-electron chi connectivity index (χ1n) is 6.33. The average Bonchev–Trinajstić information content (AvgIpc) is 2.26. The molecule has 0 bridgehead atoms. The van der Waals surface area contributed by atoms with Crippen LogP contribution in [0.4, 0.5) is 4.39 Å². The minimum atomic E-state index is -0.289. The fourth-order valence-corrected chi connectivity index (χ4v) is 2.58. The first kappa shape index (κ1) is 13.4. The average molecular weight is 266 g/mol. The summed E-state index contributed by atoms with van der Waals surface area (Å²) in [5.41, 5.74) is 7.31. The number of halogens is 1. The van der Waals surface area contributed by atoms with Crippen LogP contribution in [0.1, 0.15) is 30.4 Å². The highest BCUT2D eigenvalue weighted by Gasteiger charge is 2.19. The van der Waals surface area contributed by atoms with E-state index in [4.69, 9.17) is 18.0 Å². The number of nitrogens with two attached hydrogens (primary N) is 1. The molecule has 0 atom stereocenters. The van der Waals surface area contributed by atoms with Crippen LogP contribution in [-0.4, -0.2) is 23.5 Å². The molecule has 0 aliphatic heterocycles. The van der Waals surface area contributed by atoms with Gasteiger partial charge < -0.3 is 10.6 Å². The van der Waals surface area contributed by atoms with Crippen molar-refractivity contribution in [1.29, 1.82) is 0 Å². The standard InChI is InChI=1S/C14H19FN2S/c1-17(8-10-3-2-4-10)9-11-5-6-12(15)7-13(11)14(16)18/h5-7,10H,2-4,8-9H2,1H3,(H2,16,18). The summed E-state index contributed by atoms with van der Waals surface area (Å²) in [6, 6.07) is 4.67. The highest BCUT2D eigenvalue weighted by molar-refractivity contribution is 7.80. The van der Waals surface area contributed by atoms with Gasteiger partial charge in [-0.05, 0) is 43.5 Å². The Hall–Kier alpha value is -1.00. The van der Waals surface area contributed by atoms with Gasteiger partial charge in [-0.2, -0.15) is 0 Å². The molecule has 2 nitrogen and oxygen atoms in total. The van der Waals surface area contributed by atoms with Gasteiger partial charge in [0.15, 0.2) is 0 Å². The van der Waals surface area contributed by atoms with Crippen LogP contribution in [0.2, 0.25) is 0 Å². The maximum Gasteiger partial charge on any atom is 0.123 e. The van der Waals surface area contributed by atoms with Crippen LogP contribution in [0.25, 0.3) is 0 Å². The third kappa shape index (κ3) is 3.27. The summed E-state index contributed by atoms with van der Waals surface area (Å²) in [7, 11) is 2.09. The summed E-state index contributed by atoms with van der Waals surface area (Å²) in [4.78, 5) is 2.53. The summed E-state index contributed by atoms with van der Waals surface area (Å²) in [6.45, 7) is 1.86. The topological polar surface area (TPSA) is 29.3 Å². The van der Waals surface area contributed by atoms with Crippen LogP contribution in [0.3, 0.4) is 0 Å². The van der Waals surface area contributed by atoms with Gasteiger partial charge in [-0.3, -0.25) is 0 Å². The minimum absolute atomic E-state index is 0.265. The van der Waals surface area contributed by atoms with Crippen LogP contribution in [-0.2, 0) is 6.54 Å². The first-order chi connectivity index (χ1) is 8.56. The molecule has 0 amide bonds. The Balaban J connectivity index is 2.05. The van der Waals surface area contributed by atoms with Crippen LogP contribution in [0.15, 0.2) is 18.2 Å². The molecule has 0 heterocycles. The van der Waals surface area contributed by atoms with E-state index < -0.39 is 0 Å². The lowest BCUT2D eigenvalue weighted by molar-refractivity contribution is 0.200. The van der Waals surface area contributed by atoms with E-state index in [1.165, 1.54) is 31.4 Å². The monoisotopic (exact) mass is 266 g/mol. The maximum atomic E-state index is 13.2. The molecule has 0 radical (unpaired) electrons. The molecular weight excluding hydrogens is 247 g/mol. The van der Waals surface area contributed by atoms with Crippen molar-refractivity contribution in [1.82, 2.24) is 4.90 Å². The molecule has 2 rings (SSSR count). The minimum Gasteiger partial charge on any atom is -0.389 e. The lowest BCUT2D eigenvalue weighted by Gasteiger charge is -2.30. The summed E-state index contributed by atoms with van der Waals surface area (Å²) in [5.74, 6) is 0.534. The number of hydrogen-bond donors (Lipinski definition) is 1. The summed E-state index contributed by atoms with van der Waals surface area (Å²) in [5, 5.41) is 0. The Kier molecular flexibility index (Phi) is 4.30. The van der Waals surface area contributed by atoms with E-state index >= 15 is 0 Å². The number of nitrogens with zero attached hydrogens (tertiary/aromatic N) is 1. The van der Waals surface area contributed by atoms with Gasteiger partial charge >= 0.3 is 0 Å². The largest absolute Gasteiger partial charge is 0.389 e. The Morgan fingerprint density at radius 3 is 2.78 bits per heavy atom. The zero-order chi connectivity index (χ0) is 13.1. The van der Waals surface area contributed by atoms with Crippen LogP contribution in [0.5, 0.6) is 0 Å². The van der Waals surface area contributed by atoms with Gasteiger partial charge in [0.25, 0.3) is 0 Å². The Morgan fingerprint density at radius 1 is 1.50 bits per heavy atom. The first-order valence-corrected chi connectivity index (χ1v) is 6.74. The van der Waals surface area contributed by atoms with Crippen molar-refractivity contribution in [2.75, 3.05) is 13.6 Å². The molecule has 1 saturated carbocycles. The Morgan fingerprint density at radius 2 is 2.22 bits per heavy atom. The van der Waals surface area contributed by atoms with Gasteiger partial charge in [-0.25, -0.2) is 4.39 Å². The van der Waals surface area contributed by atoms with Gasteiger partial charge in [0.2, 0.25) is 0 Å². The molecule has 0 saturated heterocycles. The maximum absolute atomic E-state index is 13.2. The number of thiocarbonyl (C=S) groups is 1. The van der Waals surface area contributed by atoms with E-state index in [1.807, 2.05) is 0 Å². The molecule has 1 aromatic rings. The van der Waals surface area contributed by atoms with Crippen LogP contribution < -0.4 is 5.73 Å². The molecule has 1 aliphatic carbocycles. The second-order valence-corrected chi connectivity index (χ2v) is 5.60. The van der Waals surface area contributed by atoms with Gasteiger partial charge in [0.05, 0.1) is 0 Å². The molecule has 98 valence electrons. The van der Waals surface area contributed by atoms with E-state index in [-0.39, 0.29) is 10.8 Å². The summed E-state index contributed by atoms with van der Waals surface area (Å²) in [6.07, 6.45) is 4.01. The lowest BCUT2D eigenvalue weighted by Crippen LogP contribution is -2.29. The molecule has 0 aromatic heterocycles. The third-order valence-electron chi connectivity index (χ3n) is 3.57. The van der Waals surface area contributed by atoms with E-state index in [2.05, 4.69) is 11.9 Å². The molecule has 2 N–H and O–H groups in total. The van der Waals surface area contributed by atoms with Crippen molar-refractivity contribution in [2.45, 2.75) is 25.8 Å². The third-order valence-corrected chi connectivity index (χ3v) is 3.79. The quantitative estimate of drug-likeness (QED) is 0.831. The Labute approximate surface area is 113 Å². The molecule has 18 heavy (non-hydrogen) atoms. The molecular formula is C14H19FN2S. The zero-order valence-electron chi connectivity index (χ0n) is 10.7. The predicted molar refractivity (Wildman–Crippen MR) is 76.0 cm³/mol. The lowest BCUT2D eigenvalue weighted by atomic mass is 9.85. The SMILES string of the molecule is CN(Cc1ccc(F)cc1C(N)=S)CC1CCC1. The van der Waals surface area contributed by atoms with Crippen molar-refractivity contribution >= 4 is 17.2 Å². The highest BCUT2D eigenvalue weighted by atomic mass is 32.1. The molecule has 0 unspecified atom stereocenters. The van der Waals surface area contributed by atoms with E-state index in [0.29, 0.717) is 5.56 Å². The van der Waals surface area contributed by atoms with Crippen molar-refractivity contribution in [3.8, 4) is 0 Å². The van der Waals surface area contributed by atoms with Crippen molar-refractivity contribution in [2.24, 2.45) is 11.7 Å². The summed E-state index contributed by atoms with van der Waals surface area (Å²) >= 11 is 4.98. The fourth-order valence-electron chi connectivity index (χ4n) is 2.39. The van der Waals surface area contributed by atoms with E-state index in [0.717, 1.165) is 24.6 Å². The normalized spacial score (nSPS) is 15.7. The molecule has 1 aliphatic rings. The Bertz CT molecular complexity index is 443. The highest BCUT2D eigenvalue weighted by Crippen LogP contribution is 2.27. The van der Waals surface area contributed by atoms with Gasteiger partial charge in [0.1, 0.15) is 10.8 Å². The van der Waals surface area contributed by atoms with E-state index in [9.17, 15) is 4.39 Å². The molecule has 0 spiro atoms. The second-order valence-electron chi connectivity index (χ2n) is 5.16. The second kappa shape index (κ2) is 5.76. The van der Waals surface area contributed by atoms with Gasteiger partial charge in [0, 0.05) is 18.7 Å². The predicted octanol–water partition coefficient (Wildman–Crippen LogP) is 2.69. The number of hydrogen-bond acceptors (Lipinski definition) is 2. The molecule has 1 fully saturated rings. The van der Waals surface area contributed by atoms with Crippen molar-refractivity contribution in [3.63, 3.8) is 0 Å². The molecule has 1 aromatic carbocycles. The summed E-state index contributed by atoms with van der Waals surface area (Å²) < 4.78 is 13.2. The fraction of sp³-hybridized carbons (Fsp3) is 0.500. The van der Waals surface area contributed by atoms with Crippen LogP contribution in [0, 0.1) is 11.7 Å². The van der Waals surface area contributed by atoms with E-state index in [1.54, 1.807) is 6.07 Å². The smallest absolute Gasteiger partial charge is 0.123 e. The van der Waals surface area contributed by atoms with Gasteiger partial charge in [-0.15, -0.1) is 0 Å². The van der Waals surface area contributed by atoms with Crippen LogP contribution >= 0.6 is 12.2 Å². The van der Waals surface area contributed by atoms with Gasteiger partial charge in [-0.1, -0.05) is 24.7 Å². The molecule has 4 heteroatoms. The van der Waals surface area contributed by atoms with Crippen molar-refractivity contribution < 1.29 is 4.39 Å². The zero-order valence-corrected chi connectivity index (χ0v) is 11.5.